The van der Waals surface area contributed by atoms with Crippen LogP contribution >= 0.6 is 15.9 Å². The summed E-state index contributed by atoms with van der Waals surface area (Å²) in [5.74, 6) is 0.0635. The van der Waals surface area contributed by atoms with Gasteiger partial charge in [0.15, 0.2) is 0 Å². The number of nitrogens with zero attached hydrogens (tertiary/aromatic N) is 2. The molecular formula is C16H14BBrN2O. The van der Waals surface area contributed by atoms with Gasteiger partial charge in [-0.3, -0.25) is 4.79 Å². The van der Waals surface area contributed by atoms with E-state index in [1.165, 1.54) is 0 Å². The van der Waals surface area contributed by atoms with Gasteiger partial charge in [0.25, 0.3) is 0 Å². The largest absolute Gasteiger partial charge is 0.347 e. The van der Waals surface area contributed by atoms with Crippen LogP contribution in [-0.4, -0.2) is 37.3 Å². The van der Waals surface area contributed by atoms with Gasteiger partial charge in [-0.15, -0.1) is 0 Å². The van der Waals surface area contributed by atoms with Crippen LogP contribution in [0.1, 0.15) is 0 Å². The molecule has 0 atom stereocenters. The Bertz CT molecular complexity index is 795. The van der Waals surface area contributed by atoms with Crippen LogP contribution in [0.15, 0.2) is 40.9 Å². The molecule has 0 N–H and O–H groups in total. The quantitative estimate of drug-likeness (QED) is 0.658. The summed E-state index contributed by atoms with van der Waals surface area (Å²) in [6, 6.07) is 11.9. The fourth-order valence-electron chi connectivity index (χ4n) is 2.54. The van der Waals surface area contributed by atoms with Crippen LogP contribution in [0.2, 0.25) is 0 Å². The van der Waals surface area contributed by atoms with Crippen molar-refractivity contribution in [3.63, 3.8) is 0 Å². The lowest BCUT2D eigenvalue weighted by molar-refractivity contribution is -0.129. The van der Waals surface area contributed by atoms with Crippen molar-refractivity contribution in [2.24, 2.45) is 0 Å². The van der Waals surface area contributed by atoms with E-state index in [-0.39, 0.29) is 5.91 Å². The lowest BCUT2D eigenvalue weighted by Gasteiger charge is -2.12. The van der Waals surface area contributed by atoms with Crippen LogP contribution in [0, 0.1) is 0 Å². The predicted molar refractivity (Wildman–Crippen MR) is 91.2 cm³/mol. The van der Waals surface area contributed by atoms with Crippen LogP contribution in [-0.2, 0) is 11.3 Å². The molecule has 1 amide bonds. The monoisotopic (exact) mass is 340 g/mol. The Kier molecular flexibility index (Phi) is 3.53. The highest BCUT2D eigenvalue weighted by Gasteiger charge is 2.14. The maximum absolute atomic E-state index is 12.1. The molecule has 0 aliphatic heterocycles. The number of amides is 1. The Morgan fingerprint density at radius 1 is 1.14 bits per heavy atom. The van der Waals surface area contributed by atoms with Gasteiger partial charge in [0, 0.05) is 40.4 Å². The number of halogens is 1. The number of hydrogen-bond donors (Lipinski definition) is 0. The molecule has 0 bridgehead atoms. The zero-order chi connectivity index (χ0) is 15.1. The van der Waals surface area contributed by atoms with Gasteiger partial charge >= 0.3 is 0 Å². The van der Waals surface area contributed by atoms with Gasteiger partial charge in [0.2, 0.25) is 5.91 Å². The molecule has 2 radical (unpaired) electrons. The number of benzene rings is 2. The van der Waals surface area contributed by atoms with Crippen molar-refractivity contribution in [2.45, 2.75) is 6.54 Å². The smallest absolute Gasteiger partial charge is 0.242 e. The standard InChI is InChI=1S/C16H14BBrN2O/c1-19(2)16(21)9-20-14-5-3-10(17)7-12(14)13-8-11(18)4-6-15(13)20/h3-8H,9H2,1-2H3. The van der Waals surface area contributed by atoms with E-state index in [0.29, 0.717) is 6.54 Å². The maximum Gasteiger partial charge on any atom is 0.242 e. The van der Waals surface area contributed by atoms with Gasteiger partial charge in [-0.25, -0.2) is 0 Å². The van der Waals surface area contributed by atoms with Gasteiger partial charge in [0.1, 0.15) is 14.4 Å². The summed E-state index contributed by atoms with van der Waals surface area (Å²) < 4.78 is 3.05. The van der Waals surface area contributed by atoms with Crippen molar-refractivity contribution in [1.82, 2.24) is 9.47 Å². The lowest BCUT2D eigenvalue weighted by atomic mass is 9.94. The molecule has 0 aliphatic rings. The zero-order valence-electron chi connectivity index (χ0n) is 11.9. The first-order valence-corrected chi connectivity index (χ1v) is 7.44. The molecule has 0 spiro atoms. The number of rotatable bonds is 2. The molecule has 3 nitrogen and oxygen atoms in total. The van der Waals surface area contributed by atoms with E-state index in [1.54, 1.807) is 19.0 Å². The molecule has 5 heteroatoms. The summed E-state index contributed by atoms with van der Waals surface area (Å²) in [5.41, 5.74) is 2.78. The number of carbonyl (C=O) groups is 1. The van der Waals surface area contributed by atoms with Crippen molar-refractivity contribution in [3.8, 4) is 0 Å². The number of likely N-dealkylation sites (N-methyl/N-ethyl adjacent to an activating group) is 1. The van der Waals surface area contributed by atoms with Crippen LogP contribution in [0.25, 0.3) is 21.8 Å². The second-order valence-electron chi connectivity index (χ2n) is 5.31. The van der Waals surface area contributed by atoms with Crippen LogP contribution < -0.4 is 5.46 Å². The van der Waals surface area contributed by atoms with Gasteiger partial charge in [-0.2, -0.15) is 0 Å². The van der Waals surface area contributed by atoms with Gasteiger partial charge in [-0.1, -0.05) is 33.5 Å². The molecule has 0 aliphatic carbocycles. The molecule has 2 aromatic carbocycles. The molecule has 3 aromatic rings. The Morgan fingerprint density at radius 2 is 1.76 bits per heavy atom. The second-order valence-corrected chi connectivity index (χ2v) is 6.23. The van der Waals surface area contributed by atoms with Crippen molar-refractivity contribution < 1.29 is 4.79 Å². The minimum atomic E-state index is 0.0635. The van der Waals surface area contributed by atoms with Crippen LogP contribution in [0.4, 0.5) is 0 Å². The average molecular weight is 341 g/mol. The van der Waals surface area contributed by atoms with Crippen LogP contribution in [0.5, 0.6) is 0 Å². The number of aromatic nitrogens is 1. The van der Waals surface area contributed by atoms with Gasteiger partial charge < -0.3 is 9.47 Å². The molecule has 0 fully saturated rings. The highest BCUT2D eigenvalue weighted by atomic mass is 79.9. The lowest BCUT2D eigenvalue weighted by Crippen LogP contribution is -2.26. The normalized spacial score (nSPS) is 11.2. The third-order valence-corrected chi connectivity index (χ3v) is 4.14. The maximum atomic E-state index is 12.1. The van der Waals surface area contributed by atoms with Crippen molar-refractivity contribution in [3.05, 3.63) is 40.9 Å². The second kappa shape index (κ2) is 5.22. The molecular weight excluding hydrogens is 327 g/mol. The molecule has 21 heavy (non-hydrogen) atoms. The molecule has 0 unspecified atom stereocenters. The predicted octanol–water partition coefficient (Wildman–Crippen LogP) is 2.44. The Balaban J connectivity index is 2.32. The van der Waals surface area contributed by atoms with E-state index in [2.05, 4.69) is 22.0 Å². The fourth-order valence-corrected chi connectivity index (χ4v) is 2.90. The third-order valence-electron chi connectivity index (χ3n) is 3.64. The first-order chi connectivity index (χ1) is 9.97. The van der Waals surface area contributed by atoms with E-state index in [4.69, 9.17) is 7.85 Å². The van der Waals surface area contributed by atoms with Gasteiger partial charge in [0.05, 0.1) is 0 Å². The Morgan fingerprint density at radius 3 is 2.43 bits per heavy atom. The van der Waals surface area contributed by atoms with Crippen LogP contribution in [0.3, 0.4) is 0 Å². The Labute approximate surface area is 133 Å². The number of carbonyl (C=O) groups excluding carboxylic acids is 1. The van der Waals surface area contributed by atoms with Gasteiger partial charge in [-0.05, 0) is 24.3 Å². The van der Waals surface area contributed by atoms with Crippen molar-refractivity contribution in [2.75, 3.05) is 14.1 Å². The Hall–Kier alpha value is -1.75. The summed E-state index contributed by atoms with van der Waals surface area (Å²) in [5, 5.41) is 2.16. The molecule has 1 aromatic heterocycles. The van der Waals surface area contributed by atoms with Crippen molar-refractivity contribution >= 4 is 57.0 Å². The first-order valence-electron chi connectivity index (χ1n) is 6.64. The molecule has 0 saturated heterocycles. The van der Waals surface area contributed by atoms with E-state index in [0.717, 1.165) is 31.7 Å². The average Bonchev–Trinajstić information content (AvgIpc) is 2.72. The minimum Gasteiger partial charge on any atom is -0.347 e. The summed E-state index contributed by atoms with van der Waals surface area (Å²) in [4.78, 5) is 13.7. The highest BCUT2D eigenvalue weighted by molar-refractivity contribution is 9.10. The third kappa shape index (κ3) is 2.46. The number of hydrogen-bond acceptors (Lipinski definition) is 1. The van der Waals surface area contributed by atoms with Crippen molar-refractivity contribution in [1.29, 1.82) is 0 Å². The molecule has 0 saturated carbocycles. The topological polar surface area (TPSA) is 25.2 Å². The molecule has 3 rings (SSSR count). The fraction of sp³-hybridized carbons (Fsp3) is 0.188. The van der Waals surface area contributed by atoms with E-state index in [1.807, 2.05) is 34.9 Å². The van der Waals surface area contributed by atoms with E-state index >= 15 is 0 Å². The van der Waals surface area contributed by atoms with E-state index < -0.39 is 0 Å². The van der Waals surface area contributed by atoms with E-state index in [9.17, 15) is 4.79 Å². The first kappa shape index (κ1) is 14.2. The summed E-state index contributed by atoms with van der Waals surface area (Å²) in [6.45, 7) is 0.318. The number of fused-ring (bicyclic) bond motifs is 3. The zero-order valence-corrected chi connectivity index (χ0v) is 13.5. The summed E-state index contributed by atoms with van der Waals surface area (Å²) in [6.07, 6.45) is 0. The molecule has 104 valence electrons. The SMILES string of the molecule is [B]c1ccc2c(c1)c1cc(Br)ccc1n2CC(=O)N(C)C. The summed E-state index contributed by atoms with van der Waals surface area (Å²) in [7, 11) is 9.45. The minimum absolute atomic E-state index is 0.0635. The highest BCUT2D eigenvalue weighted by Crippen LogP contribution is 2.30. The molecule has 1 heterocycles. The summed E-state index contributed by atoms with van der Waals surface area (Å²) >= 11 is 3.50.